The Morgan fingerprint density at radius 2 is 1.77 bits per heavy atom. The molecule has 0 amide bonds. The van der Waals surface area contributed by atoms with Crippen molar-refractivity contribution in [3.8, 4) is 6.07 Å². The fourth-order valence-corrected chi connectivity index (χ4v) is 4.17. The Kier molecular flexibility index (Phi) is 6.35. The minimum Gasteiger partial charge on any atom is -0.377 e. The molecule has 2 rings (SSSR count). The van der Waals surface area contributed by atoms with Crippen molar-refractivity contribution in [2.75, 3.05) is 18.4 Å². The molecule has 0 bridgehead atoms. The van der Waals surface area contributed by atoms with Crippen LogP contribution in [0.3, 0.4) is 0 Å². The van der Waals surface area contributed by atoms with Crippen LogP contribution in [0.1, 0.15) is 37.9 Å². The summed E-state index contributed by atoms with van der Waals surface area (Å²) in [6, 6.07) is 12.6. The average Bonchev–Trinajstić information content (AvgIpc) is 2.63. The molecule has 5 nitrogen and oxygen atoms in total. The molecular formula is C19H22FN3O2S. The Labute approximate surface area is 154 Å². The molecule has 0 radical (unpaired) electrons. The van der Waals surface area contributed by atoms with Crippen molar-refractivity contribution < 1.29 is 12.8 Å². The van der Waals surface area contributed by atoms with Gasteiger partial charge >= 0.3 is 0 Å². The van der Waals surface area contributed by atoms with E-state index in [9.17, 15) is 12.8 Å². The summed E-state index contributed by atoms with van der Waals surface area (Å²) < 4.78 is 40.1. The van der Waals surface area contributed by atoms with E-state index in [0.29, 0.717) is 18.8 Å². The Balaban J connectivity index is 2.24. The predicted molar refractivity (Wildman–Crippen MR) is 99.7 cm³/mol. The van der Waals surface area contributed by atoms with Crippen LogP contribution < -0.4 is 5.32 Å². The number of hydrogen-bond donors (Lipinski definition) is 1. The highest BCUT2D eigenvalue weighted by atomic mass is 32.2. The van der Waals surface area contributed by atoms with Gasteiger partial charge in [-0.3, -0.25) is 0 Å². The SMILES string of the molecule is CCN(CC)S(=O)(=O)c1ccc([C@@H](C)Nc2cccc(F)c2C#N)cc1. The molecule has 0 aliphatic carbocycles. The highest BCUT2D eigenvalue weighted by Gasteiger charge is 2.21. The molecule has 138 valence electrons. The largest absolute Gasteiger partial charge is 0.377 e. The number of nitriles is 1. The van der Waals surface area contributed by atoms with Gasteiger partial charge in [0.05, 0.1) is 10.6 Å². The van der Waals surface area contributed by atoms with Gasteiger partial charge in [0.1, 0.15) is 17.4 Å². The number of benzene rings is 2. The molecule has 26 heavy (non-hydrogen) atoms. The zero-order valence-electron chi connectivity index (χ0n) is 15.0. The van der Waals surface area contributed by atoms with E-state index in [4.69, 9.17) is 5.26 Å². The van der Waals surface area contributed by atoms with E-state index in [1.54, 1.807) is 44.2 Å². The monoisotopic (exact) mass is 375 g/mol. The first-order valence-electron chi connectivity index (χ1n) is 8.40. The number of halogens is 1. The Hall–Kier alpha value is -2.43. The maximum absolute atomic E-state index is 13.7. The first-order chi connectivity index (χ1) is 12.3. The van der Waals surface area contributed by atoms with Crippen molar-refractivity contribution in [1.29, 1.82) is 5.26 Å². The van der Waals surface area contributed by atoms with E-state index in [1.807, 2.05) is 13.0 Å². The van der Waals surface area contributed by atoms with Crippen LogP contribution in [0.25, 0.3) is 0 Å². The Morgan fingerprint density at radius 1 is 1.15 bits per heavy atom. The van der Waals surface area contributed by atoms with Gasteiger partial charge < -0.3 is 5.32 Å². The van der Waals surface area contributed by atoms with Gasteiger partial charge in [-0.05, 0) is 36.8 Å². The van der Waals surface area contributed by atoms with Crippen LogP contribution in [0.15, 0.2) is 47.4 Å². The highest BCUT2D eigenvalue weighted by molar-refractivity contribution is 7.89. The van der Waals surface area contributed by atoms with Crippen molar-refractivity contribution in [3.05, 3.63) is 59.4 Å². The number of rotatable bonds is 7. The Morgan fingerprint density at radius 3 is 2.31 bits per heavy atom. The average molecular weight is 375 g/mol. The lowest BCUT2D eigenvalue weighted by molar-refractivity contribution is 0.445. The van der Waals surface area contributed by atoms with Crippen molar-refractivity contribution >= 4 is 15.7 Å². The summed E-state index contributed by atoms with van der Waals surface area (Å²) in [6.07, 6.45) is 0. The van der Waals surface area contributed by atoms with E-state index >= 15 is 0 Å². The first-order valence-corrected chi connectivity index (χ1v) is 9.84. The van der Waals surface area contributed by atoms with Gasteiger partial charge in [0.25, 0.3) is 0 Å². The molecule has 2 aromatic carbocycles. The molecule has 0 aromatic heterocycles. The molecule has 0 fully saturated rings. The van der Waals surface area contributed by atoms with Crippen molar-refractivity contribution in [3.63, 3.8) is 0 Å². The second-order valence-corrected chi connectivity index (χ2v) is 7.74. The van der Waals surface area contributed by atoms with Crippen LogP contribution in [0, 0.1) is 17.1 Å². The van der Waals surface area contributed by atoms with Crippen molar-refractivity contribution in [2.24, 2.45) is 0 Å². The minimum absolute atomic E-state index is 0.0416. The number of anilines is 1. The smallest absolute Gasteiger partial charge is 0.243 e. The molecular weight excluding hydrogens is 353 g/mol. The van der Waals surface area contributed by atoms with Gasteiger partial charge in [-0.2, -0.15) is 9.57 Å². The van der Waals surface area contributed by atoms with Gasteiger partial charge in [-0.25, -0.2) is 12.8 Å². The van der Waals surface area contributed by atoms with Gasteiger partial charge in [-0.15, -0.1) is 0 Å². The lowest BCUT2D eigenvalue weighted by Crippen LogP contribution is -2.30. The molecule has 0 aliphatic rings. The quantitative estimate of drug-likeness (QED) is 0.796. The molecule has 7 heteroatoms. The van der Waals surface area contributed by atoms with Crippen LogP contribution in [0.2, 0.25) is 0 Å². The topological polar surface area (TPSA) is 73.2 Å². The van der Waals surface area contributed by atoms with Gasteiger partial charge in [0.2, 0.25) is 10.0 Å². The van der Waals surface area contributed by atoms with Crippen LogP contribution in [-0.2, 0) is 10.0 Å². The fraction of sp³-hybridized carbons (Fsp3) is 0.316. The Bertz CT molecular complexity index is 901. The molecule has 1 atom stereocenters. The number of sulfonamides is 1. The van der Waals surface area contributed by atoms with E-state index in [2.05, 4.69) is 5.32 Å². The maximum atomic E-state index is 13.7. The fourth-order valence-electron chi connectivity index (χ4n) is 2.72. The summed E-state index contributed by atoms with van der Waals surface area (Å²) in [5, 5.41) is 12.2. The third kappa shape index (κ3) is 4.03. The standard InChI is InChI=1S/C19H22FN3O2S/c1-4-23(5-2)26(24,25)16-11-9-15(10-12-16)14(3)22-19-8-6-7-18(20)17(19)13-21/h6-12,14,22H,4-5H2,1-3H3/t14-/m1/s1. The molecule has 0 spiro atoms. The summed E-state index contributed by atoms with van der Waals surface area (Å²) in [5.74, 6) is -0.578. The molecule has 0 heterocycles. The summed E-state index contributed by atoms with van der Waals surface area (Å²) in [7, 11) is -3.50. The molecule has 0 unspecified atom stereocenters. The van der Waals surface area contributed by atoms with Crippen LogP contribution >= 0.6 is 0 Å². The van der Waals surface area contributed by atoms with E-state index in [1.165, 1.54) is 16.4 Å². The third-order valence-corrected chi connectivity index (χ3v) is 6.28. The van der Waals surface area contributed by atoms with E-state index < -0.39 is 15.8 Å². The molecule has 0 saturated carbocycles. The van der Waals surface area contributed by atoms with Gasteiger partial charge in [-0.1, -0.05) is 32.0 Å². The molecule has 2 aromatic rings. The van der Waals surface area contributed by atoms with Crippen LogP contribution in [0.5, 0.6) is 0 Å². The number of hydrogen-bond acceptors (Lipinski definition) is 4. The summed E-state index contributed by atoms with van der Waals surface area (Å²) >= 11 is 0. The lowest BCUT2D eigenvalue weighted by Gasteiger charge is -2.20. The maximum Gasteiger partial charge on any atom is 0.243 e. The summed E-state index contributed by atoms with van der Waals surface area (Å²) in [5.41, 5.74) is 1.19. The van der Waals surface area contributed by atoms with E-state index in [0.717, 1.165) is 5.56 Å². The summed E-state index contributed by atoms with van der Waals surface area (Å²) in [6.45, 7) is 6.28. The minimum atomic E-state index is -3.50. The first kappa shape index (κ1) is 19.9. The third-order valence-electron chi connectivity index (χ3n) is 4.22. The van der Waals surface area contributed by atoms with Crippen LogP contribution in [0.4, 0.5) is 10.1 Å². The zero-order valence-corrected chi connectivity index (χ0v) is 15.8. The molecule has 0 saturated heterocycles. The zero-order chi connectivity index (χ0) is 19.3. The van der Waals surface area contributed by atoms with Crippen molar-refractivity contribution in [2.45, 2.75) is 31.7 Å². The van der Waals surface area contributed by atoms with Crippen molar-refractivity contribution in [1.82, 2.24) is 4.31 Å². The summed E-state index contributed by atoms with van der Waals surface area (Å²) in [4.78, 5) is 0.237. The van der Waals surface area contributed by atoms with E-state index in [-0.39, 0.29) is 16.5 Å². The normalized spacial score (nSPS) is 12.6. The van der Waals surface area contributed by atoms with Gasteiger partial charge in [0, 0.05) is 19.1 Å². The predicted octanol–water partition coefficient (Wildman–Crippen LogP) is 3.90. The number of nitrogens with zero attached hydrogens (tertiary/aromatic N) is 2. The highest BCUT2D eigenvalue weighted by Crippen LogP contribution is 2.25. The second-order valence-electron chi connectivity index (χ2n) is 5.80. The molecule has 0 aliphatic heterocycles. The molecule has 1 N–H and O–H groups in total. The van der Waals surface area contributed by atoms with Gasteiger partial charge in [0.15, 0.2) is 0 Å². The lowest BCUT2D eigenvalue weighted by atomic mass is 10.1. The second kappa shape index (κ2) is 8.30. The number of nitrogens with one attached hydrogen (secondary N) is 1. The van der Waals surface area contributed by atoms with Crippen LogP contribution in [-0.4, -0.2) is 25.8 Å².